The summed E-state index contributed by atoms with van der Waals surface area (Å²) in [6.07, 6.45) is 0. The topological polar surface area (TPSA) is 43.7 Å². The lowest BCUT2D eigenvalue weighted by Gasteiger charge is -2.42. The molecule has 1 aliphatic heterocycles. The average molecular weight is 489 g/mol. The van der Waals surface area contributed by atoms with E-state index >= 15 is 0 Å². The molecule has 5 aromatic rings. The van der Waals surface area contributed by atoms with E-state index in [9.17, 15) is 4.79 Å². The van der Waals surface area contributed by atoms with Crippen molar-refractivity contribution in [1.82, 2.24) is 4.57 Å². The van der Waals surface area contributed by atoms with Crippen molar-refractivity contribution in [2.24, 2.45) is 0 Å². The Hall–Kier alpha value is -4.51. The molecule has 0 saturated carbocycles. The first-order valence-electron chi connectivity index (χ1n) is 12.5. The first-order chi connectivity index (χ1) is 18.1. The zero-order valence-corrected chi connectivity index (χ0v) is 21.1. The number of carbonyl (C=O) groups excluding carboxylic acids is 1. The van der Waals surface area contributed by atoms with Gasteiger partial charge in [-0.15, -0.1) is 0 Å². The fourth-order valence-corrected chi connectivity index (χ4v) is 5.75. The highest BCUT2D eigenvalue weighted by Crippen LogP contribution is 2.53. The molecule has 2 heterocycles. The standard InChI is InChI=1S/C32H28N2O3/c1-4-33-22(2)30(27-15-9-11-17-29(27)33)32(28-16-10-8-14-26(28)31(35)37-32)34(23-12-6-5-7-13-23)24-18-20-25(36-3)21-19-24/h5-21H,4H2,1-3H3. The Labute approximate surface area is 216 Å². The summed E-state index contributed by atoms with van der Waals surface area (Å²) in [7, 11) is 1.66. The van der Waals surface area contributed by atoms with Crippen molar-refractivity contribution in [1.29, 1.82) is 0 Å². The van der Waals surface area contributed by atoms with Gasteiger partial charge in [-0.25, -0.2) is 4.79 Å². The molecular weight excluding hydrogens is 460 g/mol. The number of fused-ring (bicyclic) bond motifs is 2. The van der Waals surface area contributed by atoms with Gasteiger partial charge in [-0.1, -0.05) is 54.6 Å². The predicted octanol–water partition coefficient (Wildman–Crippen LogP) is 7.19. The normalized spacial score (nSPS) is 16.5. The molecule has 1 aliphatic rings. The summed E-state index contributed by atoms with van der Waals surface area (Å²) in [4.78, 5) is 15.7. The van der Waals surface area contributed by atoms with Crippen molar-refractivity contribution in [3.05, 3.63) is 126 Å². The Morgan fingerprint density at radius 1 is 0.838 bits per heavy atom. The van der Waals surface area contributed by atoms with E-state index in [0.29, 0.717) is 5.56 Å². The van der Waals surface area contributed by atoms with E-state index < -0.39 is 5.72 Å². The number of carbonyl (C=O) groups is 1. The van der Waals surface area contributed by atoms with E-state index in [1.807, 2.05) is 72.8 Å². The molecule has 1 unspecified atom stereocenters. The van der Waals surface area contributed by atoms with Gasteiger partial charge in [0.05, 0.1) is 18.2 Å². The van der Waals surface area contributed by atoms with Crippen LogP contribution in [0.2, 0.25) is 0 Å². The monoisotopic (exact) mass is 488 g/mol. The Bertz CT molecular complexity index is 1600. The molecule has 1 atom stereocenters. The van der Waals surface area contributed by atoms with Gasteiger partial charge in [0.25, 0.3) is 0 Å². The number of ether oxygens (including phenoxy) is 2. The summed E-state index contributed by atoms with van der Waals surface area (Å²) >= 11 is 0. The summed E-state index contributed by atoms with van der Waals surface area (Å²) < 4.78 is 14.4. The summed E-state index contributed by atoms with van der Waals surface area (Å²) in [5.74, 6) is 0.422. The van der Waals surface area contributed by atoms with Crippen molar-refractivity contribution in [2.75, 3.05) is 12.0 Å². The number of hydrogen-bond acceptors (Lipinski definition) is 4. The van der Waals surface area contributed by atoms with Crippen molar-refractivity contribution < 1.29 is 14.3 Å². The smallest absolute Gasteiger partial charge is 0.341 e. The molecule has 5 nitrogen and oxygen atoms in total. The number of esters is 1. The van der Waals surface area contributed by atoms with Crippen LogP contribution in [-0.2, 0) is 17.0 Å². The second-order valence-corrected chi connectivity index (χ2v) is 9.17. The van der Waals surface area contributed by atoms with Gasteiger partial charge in [-0.2, -0.15) is 0 Å². The summed E-state index contributed by atoms with van der Waals surface area (Å²) in [6, 6.07) is 34.1. The molecule has 184 valence electrons. The number of hydrogen-bond donors (Lipinski definition) is 0. The third-order valence-corrected chi connectivity index (χ3v) is 7.30. The lowest BCUT2D eigenvalue weighted by molar-refractivity contribution is 0.0136. The van der Waals surface area contributed by atoms with Crippen LogP contribution in [0.4, 0.5) is 11.4 Å². The lowest BCUT2D eigenvalue weighted by atomic mass is 9.88. The van der Waals surface area contributed by atoms with Crippen LogP contribution in [0.3, 0.4) is 0 Å². The Kier molecular flexibility index (Phi) is 5.49. The second kappa shape index (κ2) is 8.86. The minimum atomic E-state index is -1.23. The van der Waals surface area contributed by atoms with Gasteiger partial charge >= 0.3 is 5.97 Å². The van der Waals surface area contributed by atoms with Crippen LogP contribution >= 0.6 is 0 Å². The van der Waals surface area contributed by atoms with Gasteiger partial charge < -0.3 is 14.0 Å². The van der Waals surface area contributed by atoms with Gasteiger partial charge in [0.1, 0.15) is 5.75 Å². The van der Waals surface area contributed by atoms with E-state index in [0.717, 1.165) is 51.4 Å². The molecule has 6 rings (SSSR count). The molecule has 0 radical (unpaired) electrons. The van der Waals surface area contributed by atoms with Gasteiger partial charge in [-0.3, -0.25) is 4.90 Å². The number of nitrogens with zero attached hydrogens (tertiary/aromatic N) is 2. The Morgan fingerprint density at radius 2 is 1.49 bits per heavy atom. The summed E-state index contributed by atoms with van der Waals surface area (Å²) in [6.45, 7) is 5.06. The number of cyclic esters (lactones) is 1. The van der Waals surface area contributed by atoms with E-state index in [2.05, 4.69) is 53.6 Å². The number of aromatic nitrogens is 1. The molecule has 37 heavy (non-hydrogen) atoms. The SMILES string of the molecule is CCn1c(C)c(C2(N(c3ccccc3)c3ccc(OC)cc3)OC(=O)c3ccccc32)c2ccccc21. The molecular formula is C32H28N2O3. The minimum absolute atomic E-state index is 0.335. The van der Waals surface area contributed by atoms with Crippen molar-refractivity contribution in [3.63, 3.8) is 0 Å². The molecule has 5 heteroatoms. The molecule has 0 N–H and O–H groups in total. The third kappa shape index (κ3) is 3.34. The maximum atomic E-state index is 13.6. The fourth-order valence-electron chi connectivity index (χ4n) is 5.75. The molecule has 0 bridgehead atoms. The first kappa shape index (κ1) is 22.9. The number of para-hydroxylation sites is 2. The highest BCUT2D eigenvalue weighted by Gasteiger charge is 2.54. The van der Waals surface area contributed by atoms with Gasteiger partial charge in [-0.05, 0) is 62.4 Å². The average Bonchev–Trinajstić information content (AvgIpc) is 3.40. The fraction of sp³-hybridized carbons (Fsp3) is 0.156. The predicted molar refractivity (Wildman–Crippen MR) is 147 cm³/mol. The first-order valence-corrected chi connectivity index (χ1v) is 12.5. The molecule has 0 fully saturated rings. The molecule has 0 amide bonds. The van der Waals surface area contributed by atoms with Crippen LogP contribution in [0, 0.1) is 6.92 Å². The highest BCUT2D eigenvalue weighted by molar-refractivity contribution is 5.99. The van der Waals surface area contributed by atoms with E-state index in [1.54, 1.807) is 7.11 Å². The maximum Gasteiger partial charge on any atom is 0.341 e. The lowest BCUT2D eigenvalue weighted by Crippen LogP contribution is -2.45. The second-order valence-electron chi connectivity index (χ2n) is 9.17. The Morgan fingerprint density at radius 3 is 2.22 bits per heavy atom. The molecule has 0 aliphatic carbocycles. The van der Waals surface area contributed by atoms with Crippen LogP contribution in [0.25, 0.3) is 10.9 Å². The van der Waals surface area contributed by atoms with Gasteiger partial charge in [0.2, 0.25) is 5.72 Å². The maximum absolute atomic E-state index is 13.6. The van der Waals surface area contributed by atoms with Crippen LogP contribution in [-0.4, -0.2) is 17.6 Å². The van der Waals surface area contributed by atoms with Gasteiger partial charge in [0.15, 0.2) is 0 Å². The third-order valence-electron chi connectivity index (χ3n) is 7.30. The van der Waals surface area contributed by atoms with E-state index in [-0.39, 0.29) is 5.97 Å². The van der Waals surface area contributed by atoms with Crippen molar-refractivity contribution >= 4 is 28.2 Å². The van der Waals surface area contributed by atoms with Crippen molar-refractivity contribution in [3.8, 4) is 5.75 Å². The summed E-state index contributed by atoms with van der Waals surface area (Å²) in [5, 5.41) is 1.06. The van der Waals surface area contributed by atoms with Gasteiger partial charge in [0, 0.05) is 40.1 Å². The number of aryl methyl sites for hydroxylation is 1. The van der Waals surface area contributed by atoms with Crippen LogP contribution in [0.5, 0.6) is 5.75 Å². The molecule has 1 aromatic heterocycles. The minimum Gasteiger partial charge on any atom is -0.497 e. The number of methoxy groups -OCH3 is 1. The summed E-state index contributed by atoms with van der Waals surface area (Å²) in [5.41, 5.74) is 5.08. The molecule has 0 saturated heterocycles. The molecule has 0 spiro atoms. The van der Waals surface area contributed by atoms with Crippen LogP contribution < -0.4 is 9.64 Å². The van der Waals surface area contributed by atoms with E-state index in [1.165, 1.54) is 0 Å². The quantitative estimate of drug-likeness (QED) is 0.237. The Balaban J connectivity index is 1.77. The zero-order chi connectivity index (χ0) is 25.6. The number of rotatable bonds is 6. The van der Waals surface area contributed by atoms with Crippen molar-refractivity contribution in [2.45, 2.75) is 26.1 Å². The van der Waals surface area contributed by atoms with Crippen LogP contribution in [0.15, 0.2) is 103 Å². The number of anilines is 2. The molecule has 4 aromatic carbocycles. The largest absolute Gasteiger partial charge is 0.497 e. The zero-order valence-electron chi connectivity index (χ0n) is 21.1. The highest BCUT2D eigenvalue weighted by atomic mass is 16.6. The van der Waals surface area contributed by atoms with E-state index in [4.69, 9.17) is 9.47 Å². The van der Waals surface area contributed by atoms with Crippen LogP contribution in [0.1, 0.15) is 34.1 Å². The number of benzene rings is 4.